The van der Waals surface area contributed by atoms with Crippen LogP contribution in [0.3, 0.4) is 0 Å². The molecular formula is C16H21F3N2O5. The number of halogens is 3. The van der Waals surface area contributed by atoms with E-state index in [-0.39, 0.29) is 35.8 Å². The van der Waals surface area contributed by atoms with Gasteiger partial charge in [-0.3, -0.25) is 10.1 Å². The fourth-order valence-corrected chi connectivity index (χ4v) is 2.97. The predicted molar refractivity (Wildman–Crippen MR) is 86.3 cm³/mol. The molecule has 7 nitrogen and oxygen atoms in total. The van der Waals surface area contributed by atoms with Gasteiger partial charge in [0.2, 0.25) is 0 Å². The number of nitrogens with one attached hydrogen (secondary N) is 1. The number of hydrogen-bond acceptors (Lipinski definition) is 6. The van der Waals surface area contributed by atoms with E-state index in [0.717, 1.165) is 18.9 Å². The molecule has 0 spiro atoms. The van der Waals surface area contributed by atoms with Crippen molar-refractivity contribution in [1.29, 1.82) is 0 Å². The van der Waals surface area contributed by atoms with Crippen LogP contribution in [0.4, 0.5) is 18.9 Å². The lowest BCUT2D eigenvalue weighted by Gasteiger charge is -2.22. The van der Waals surface area contributed by atoms with Crippen LogP contribution in [-0.2, 0) is 6.54 Å². The van der Waals surface area contributed by atoms with E-state index in [0.29, 0.717) is 12.8 Å². The van der Waals surface area contributed by atoms with E-state index >= 15 is 0 Å². The molecule has 1 fully saturated rings. The van der Waals surface area contributed by atoms with Crippen molar-refractivity contribution in [1.82, 2.24) is 5.32 Å². The van der Waals surface area contributed by atoms with Crippen molar-refractivity contribution in [2.24, 2.45) is 0 Å². The summed E-state index contributed by atoms with van der Waals surface area (Å²) >= 11 is 0. The highest BCUT2D eigenvalue weighted by Crippen LogP contribution is 2.36. The Hall–Kier alpha value is -2.07. The third-order valence-corrected chi connectivity index (χ3v) is 4.26. The van der Waals surface area contributed by atoms with Gasteiger partial charge in [-0.25, -0.2) is 0 Å². The molecule has 10 heteroatoms. The van der Waals surface area contributed by atoms with Crippen molar-refractivity contribution >= 4 is 5.69 Å². The predicted octanol–water partition coefficient (Wildman–Crippen LogP) is 2.94. The van der Waals surface area contributed by atoms with Gasteiger partial charge in [-0.2, -0.15) is 13.2 Å². The maximum Gasteiger partial charge on any atom is 0.422 e. The van der Waals surface area contributed by atoms with Gasteiger partial charge in [0.15, 0.2) is 18.1 Å². The normalized spacial score (nSPS) is 16.5. The summed E-state index contributed by atoms with van der Waals surface area (Å²) in [6.07, 6.45) is -1.39. The first-order valence-electron chi connectivity index (χ1n) is 8.11. The first-order valence-corrected chi connectivity index (χ1v) is 8.11. The lowest BCUT2D eigenvalue weighted by molar-refractivity contribution is -0.385. The van der Waals surface area contributed by atoms with Crippen LogP contribution in [0.5, 0.6) is 11.5 Å². The Morgan fingerprint density at radius 3 is 2.50 bits per heavy atom. The minimum atomic E-state index is -4.57. The molecule has 2 N–H and O–H groups in total. The summed E-state index contributed by atoms with van der Waals surface area (Å²) in [7, 11) is 1.24. The van der Waals surface area contributed by atoms with Crippen LogP contribution in [0.25, 0.3) is 0 Å². The van der Waals surface area contributed by atoms with Crippen molar-refractivity contribution < 1.29 is 32.7 Å². The van der Waals surface area contributed by atoms with Gasteiger partial charge in [-0.15, -0.1) is 0 Å². The Kier molecular flexibility index (Phi) is 6.30. The van der Waals surface area contributed by atoms with Crippen molar-refractivity contribution in [2.45, 2.75) is 44.0 Å². The van der Waals surface area contributed by atoms with Crippen molar-refractivity contribution in [3.8, 4) is 11.5 Å². The molecule has 0 saturated heterocycles. The van der Waals surface area contributed by atoms with E-state index in [1.165, 1.54) is 13.2 Å². The van der Waals surface area contributed by atoms with E-state index in [1.807, 2.05) is 0 Å². The molecule has 1 aromatic rings. The van der Waals surface area contributed by atoms with Crippen LogP contribution in [0.15, 0.2) is 12.1 Å². The van der Waals surface area contributed by atoms with Crippen LogP contribution in [0.1, 0.15) is 31.2 Å². The standard InChI is InChI=1S/C16H21F3N2O5/c1-25-13-6-11(8-20-9-15(22)4-2-3-5-15)12(21(23)24)7-14(13)26-10-16(17,18)19/h6-7,20,22H,2-5,8-10H2,1H3. The zero-order valence-corrected chi connectivity index (χ0v) is 14.3. The minimum absolute atomic E-state index is 0.0313. The number of methoxy groups -OCH3 is 1. The fraction of sp³-hybridized carbons (Fsp3) is 0.625. The summed E-state index contributed by atoms with van der Waals surface area (Å²) in [5, 5.41) is 24.5. The zero-order chi connectivity index (χ0) is 19.4. The number of nitrogens with zero attached hydrogens (tertiary/aromatic N) is 1. The van der Waals surface area contributed by atoms with Crippen molar-refractivity contribution in [3.05, 3.63) is 27.8 Å². The number of alkyl halides is 3. The van der Waals surface area contributed by atoms with Crippen molar-refractivity contribution in [3.63, 3.8) is 0 Å². The summed E-state index contributed by atoms with van der Waals surface area (Å²) in [6.45, 7) is -1.24. The number of benzene rings is 1. The van der Waals surface area contributed by atoms with Crippen LogP contribution in [0.2, 0.25) is 0 Å². The van der Waals surface area contributed by atoms with E-state index in [2.05, 4.69) is 10.1 Å². The second kappa shape index (κ2) is 8.09. The highest BCUT2D eigenvalue weighted by Gasteiger charge is 2.32. The number of nitro benzene ring substituents is 1. The number of ether oxygens (including phenoxy) is 2. The lowest BCUT2D eigenvalue weighted by atomic mass is 10.0. The largest absolute Gasteiger partial charge is 0.493 e. The van der Waals surface area contributed by atoms with Gasteiger partial charge in [0.05, 0.1) is 23.7 Å². The maximum atomic E-state index is 12.3. The van der Waals surface area contributed by atoms with Crippen LogP contribution < -0.4 is 14.8 Å². The highest BCUT2D eigenvalue weighted by atomic mass is 19.4. The average molecular weight is 378 g/mol. The van der Waals surface area contributed by atoms with Gasteiger partial charge in [0.25, 0.3) is 5.69 Å². The van der Waals surface area contributed by atoms with Crippen molar-refractivity contribution in [2.75, 3.05) is 20.3 Å². The van der Waals surface area contributed by atoms with Crippen LogP contribution in [-0.4, -0.2) is 42.1 Å². The molecule has 0 heterocycles. The molecule has 0 aliphatic heterocycles. The van der Waals surface area contributed by atoms with Gasteiger partial charge in [0.1, 0.15) is 0 Å². The Labute approximate surface area is 148 Å². The number of rotatable bonds is 8. The summed E-state index contributed by atoms with van der Waals surface area (Å²) in [5.41, 5.74) is -0.976. The Morgan fingerprint density at radius 1 is 1.31 bits per heavy atom. The quantitative estimate of drug-likeness (QED) is 0.534. The molecule has 1 saturated carbocycles. The molecule has 0 amide bonds. The molecule has 0 atom stereocenters. The second-order valence-electron chi connectivity index (χ2n) is 6.33. The van der Waals surface area contributed by atoms with Gasteiger partial charge >= 0.3 is 6.18 Å². The molecule has 26 heavy (non-hydrogen) atoms. The highest BCUT2D eigenvalue weighted by molar-refractivity contribution is 5.54. The monoisotopic (exact) mass is 378 g/mol. The molecule has 1 aliphatic carbocycles. The topological polar surface area (TPSA) is 93.9 Å². The first kappa shape index (κ1) is 20.2. The summed E-state index contributed by atoms with van der Waals surface area (Å²) in [5.74, 6) is -0.383. The molecule has 0 unspecified atom stereocenters. The Bertz CT molecular complexity index is 646. The zero-order valence-electron chi connectivity index (χ0n) is 14.3. The molecule has 0 radical (unpaired) electrons. The Balaban J connectivity index is 2.15. The molecule has 1 aromatic carbocycles. The number of hydrogen-bond donors (Lipinski definition) is 2. The maximum absolute atomic E-state index is 12.3. The van der Waals surface area contributed by atoms with Gasteiger partial charge in [0, 0.05) is 18.7 Å². The molecule has 0 aromatic heterocycles. The van der Waals surface area contributed by atoms with Gasteiger partial charge in [-0.1, -0.05) is 12.8 Å². The summed E-state index contributed by atoms with van der Waals surface area (Å²) < 4.78 is 46.6. The van der Waals surface area contributed by atoms with Crippen LogP contribution >= 0.6 is 0 Å². The molecule has 0 bridgehead atoms. The van der Waals surface area contributed by atoms with Gasteiger partial charge < -0.3 is 19.9 Å². The smallest absolute Gasteiger partial charge is 0.422 e. The first-order chi connectivity index (χ1) is 12.1. The van der Waals surface area contributed by atoms with E-state index in [4.69, 9.17) is 4.74 Å². The minimum Gasteiger partial charge on any atom is -0.493 e. The molecule has 1 aliphatic rings. The van der Waals surface area contributed by atoms with E-state index in [9.17, 15) is 28.4 Å². The number of nitro groups is 1. The number of aliphatic hydroxyl groups is 1. The summed E-state index contributed by atoms with van der Waals surface area (Å²) in [4.78, 5) is 10.6. The SMILES string of the molecule is COc1cc(CNCC2(O)CCCC2)c([N+](=O)[O-])cc1OCC(F)(F)F. The molecule has 146 valence electrons. The Morgan fingerprint density at radius 2 is 1.96 bits per heavy atom. The summed E-state index contributed by atoms with van der Waals surface area (Å²) in [6, 6.07) is 2.20. The van der Waals surface area contributed by atoms with E-state index in [1.54, 1.807) is 0 Å². The van der Waals surface area contributed by atoms with E-state index < -0.39 is 23.3 Å². The van der Waals surface area contributed by atoms with Gasteiger partial charge in [-0.05, 0) is 18.9 Å². The fourth-order valence-electron chi connectivity index (χ4n) is 2.97. The average Bonchev–Trinajstić information content (AvgIpc) is 2.98. The lowest BCUT2D eigenvalue weighted by Crippen LogP contribution is -2.37. The van der Waals surface area contributed by atoms with Crippen LogP contribution in [0, 0.1) is 10.1 Å². The molecular weight excluding hydrogens is 357 g/mol. The molecule has 2 rings (SSSR count). The second-order valence-corrected chi connectivity index (χ2v) is 6.33. The third kappa shape index (κ3) is 5.46. The third-order valence-electron chi connectivity index (χ3n) is 4.26.